The van der Waals surface area contributed by atoms with Crippen molar-refractivity contribution in [3.8, 4) is 16.3 Å². The van der Waals surface area contributed by atoms with E-state index in [9.17, 15) is 9.90 Å². The molecule has 1 atom stereocenters. The van der Waals surface area contributed by atoms with Gasteiger partial charge in [-0.05, 0) is 73.3 Å². The van der Waals surface area contributed by atoms with Crippen LogP contribution in [0.4, 0.5) is 5.69 Å². The number of aromatic amines is 1. The average molecular weight is 430 g/mol. The van der Waals surface area contributed by atoms with Crippen LogP contribution in [0.1, 0.15) is 30.0 Å². The highest BCUT2D eigenvalue weighted by Gasteiger charge is 2.22. The molecular formula is C25H23N3O2S. The number of nitrogens with one attached hydrogen (secondary N) is 1. The number of aromatic hydroxyl groups is 1. The van der Waals surface area contributed by atoms with Gasteiger partial charge in [-0.25, -0.2) is 0 Å². The zero-order chi connectivity index (χ0) is 21.4. The lowest BCUT2D eigenvalue weighted by Crippen LogP contribution is -2.17. The van der Waals surface area contributed by atoms with Crippen LogP contribution in [-0.4, -0.2) is 34.8 Å². The van der Waals surface area contributed by atoms with Gasteiger partial charge in [-0.15, -0.1) is 11.3 Å². The topological polar surface area (TPSA) is 68.7 Å². The van der Waals surface area contributed by atoms with Gasteiger partial charge in [0.05, 0.1) is 11.3 Å². The van der Waals surface area contributed by atoms with Gasteiger partial charge in [-0.3, -0.25) is 19.7 Å². The van der Waals surface area contributed by atoms with Gasteiger partial charge in [0.25, 0.3) is 5.56 Å². The zero-order valence-electron chi connectivity index (χ0n) is 17.2. The number of H-pyrrole nitrogens is 1. The van der Waals surface area contributed by atoms with Crippen LogP contribution in [0.25, 0.3) is 21.2 Å². The van der Waals surface area contributed by atoms with Gasteiger partial charge in [0.2, 0.25) is 5.88 Å². The normalized spacial score (nSPS) is 17.1. The molecular weight excluding hydrogens is 406 g/mol. The second-order valence-electron chi connectivity index (χ2n) is 7.94. The third kappa shape index (κ3) is 3.80. The maximum atomic E-state index is 12.4. The Morgan fingerprint density at radius 1 is 1.16 bits per heavy atom. The Morgan fingerprint density at radius 3 is 2.71 bits per heavy atom. The van der Waals surface area contributed by atoms with Crippen LogP contribution in [0.15, 0.2) is 69.8 Å². The van der Waals surface area contributed by atoms with Crippen molar-refractivity contribution >= 4 is 34.0 Å². The van der Waals surface area contributed by atoms with Crippen molar-refractivity contribution in [1.82, 2.24) is 9.88 Å². The van der Waals surface area contributed by atoms with Crippen molar-refractivity contribution in [3.05, 3.63) is 81.5 Å². The van der Waals surface area contributed by atoms with Gasteiger partial charge in [0, 0.05) is 27.9 Å². The summed E-state index contributed by atoms with van der Waals surface area (Å²) < 4.78 is 0. The molecule has 0 radical (unpaired) electrons. The fourth-order valence-corrected chi connectivity index (χ4v) is 5.04. The molecule has 3 heterocycles. The van der Waals surface area contributed by atoms with E-state index < -0.39 is 0 Å². The first-order valence-electron chi connectivity index (χ1n) is 10.4. The fourth-order valence-electron chi connectivity index (χ4n) is 4.31. The van der Waals surface area contributed by atoms with E-state index in [2.05, 4.69) is 34.1 Å². The molecule has 5 nitrogen and oxygen atoms in total. The summed E-state index contributed by atoms with van der Waals surface area (Å²) in [5.74, 6) is -0.172. The number of pyridine rings is 1. The van der Waals surface area contributed by atoms with Gasteiger partial charge in [0.15, 0.2) is 0 Å². The number of benzene rings is 2. The van der Waals surface area contributed by atoms with E-state index in [1.54, 1.807) is 23.6 Å². The number of fused-ring (bicyclic) bond motifs is 1. The summed E-state index contributed by atoms with van der Waals surface area (Å²) in [6.45, 7) is 1.14. The van der Waals surface area contributed by atoms with Gasteiger partial charge < -0.3 is 5.11 Å². The number of rotatable bonds is 4. The molecule has 1 aliphatic heterocycles. The third-order valence-electron chi connectivity index (χ3n) is 5.99. The standard InChI is InChI=1S/C25H23N3O2S/c1-28-12-2-4-22(28)16-6-9-18(10-7-16)26-15-21-20-14-17(23-5-3-13-31-23)8-11-19(20)24(29)27-25(21)30/h3,5-11,13-15,22H,2,4,12H2,1H3,(H2,27,29,30). The molecule has 2 N–H and O–H groups in total. The van der Waals surface area contributed by atoms with E-state index in [4.69, 9.17) is 0 Å². The number of thiophene rings is 1. The van der Waals surface area contributed by atoms with Gasteiger partial charge in [-0.1, -0.05) is 24.3 Å². The van der Waals surface area contributed by atoms with Crippen molar-refractivity contribution in [3.63, 3.8) is 0 Å². The molecule has 31 heavy (non-hydrogen) atoms. The van der Waals surface area contributed by atoms with Crippen LogP contribution in [-0.2, 0) is 0 Å². The highest BCUT2D eigenvalue weighted by Crippen LogP contribution is 2.32. The lowest BCUT2D eigenvalue weighted by atomic mass is 10.0. The highest BCUT2D eigenvalue weighted by molar-refractivity contribution is 7.13. The number of hydrogen-bond acceptors (Lipinski definition) is 5. The van der Waals surface area contributed by atoms with E-state index >= 15 is 0 Å². The molecule has 4 aromatic rings. The summed E-state index contributed by atoms with van der Waals surface area (Å²) >= 11 is 1.64. The Kier molecular flexibility index (Phi) is 5.18. The van der Waals surface area contributed by atoms with Crippen molar-refractivity contribution in [2.45, 2.75) is 18.9 Å². The Bertz CT molecular complexity index is 1310. The fraction of sp³-hybridized carbons (Fsp3) is 0.200. The average Bonchev–Trinajstić information content (AvgIpc) is 3.46. The van der Waals surface area contributed by atoms with Crippen molar-refractivity contribution in [2.75, 3.05) is 13.6 Å². The summed E-state index contributed by atoms with van der Waals surface area (Å²) in [5, 5.41) is 13.7. The molecule has 0 aliphatic carbocycles. The van der Waals surface area contributed by atoms with Crippen LogP contribution < -0.4 is 5.56 Å². The second-order valence-corrected chi connectivity index (χ2v) is 8.89. The molecule has 2 aromatic carbocycles. The smallest absolute Gasteiger partial charge is 0.258 e. The highest BCUT2D eigenvalue weighted by atomic mass is 32.1. The van der Waals surface area contributed by atoms with E-state index in [0.29, 0.717) is 22.4 Å². The minimum Gasteiger partial charge on any atom is -0.494 e. The van der Waals surface area contributed by atoms with E-state index in [1.165, 1.54) is 18.4 Å². The van der Waals surface area contributed by atoms with Crippen LogP contribution >= 0.6 is 11.3 Å². The number of likely N-dealkylation sites (tertiary alicyclic amines) is 1. The molecule has 0 saturated carbocycles. The molecule has 0 spiro atoms. The van der Waals surface area contributed by atoms with Crippen molar-refractivity contribution < 1.29 is 5.11 Å². The number of hydrogen-bond donors (Lipinski definition) is 2. The molecule has 1 unspecified atom stereocenters. The van der Waals surface area contributed by atoms with Gasteiger partial charge in [0.1, 0.15) is 0 Å². The largest absolute Gasteiger partial charge is 0.494 e. The maximum absolute atomic E-state index is 12.4. The van der Waals surface area contributed by atoms with Gasteiger partial charge in [-0.2, -0.15) is 0 Å². The second kappa shape index (κ2) is 8.13. The monoisotopic (exact) mass is 429 g/mol. The summed E-state index contributed by atoms with van der Waals surface area (Å²) in [6.07, 6.45) is 4.04. The summed E-state index contributed by atoms with van der Waals surface area (Å²) in [5.41, 5.74) is 3.31. The predicted octanol–water partition coefficient (Wildman–Crippen LogP) is 5.48. The third-order valence-corrected chi connectivity index (χ3v) is 6.91. The van der Waals surface area contributed by atoms with Crippen LogP contribution in [0.3, 0.4) is 0 Å². The van der Waals surface area contributed by atoms with E-state index in [0.717, 1.165) is 22.7 Å². The molecule has 6 heteroatoms. The number of aromatic nitrogens is 1. The molecule has 1 aliphatic rings. The Hall–Kier alpha value is -3.22. The summed E-state index contributed by atoms with van der Waals surface area (Å²) in [6, 6.07) is 18.4. The maximum Gasteiger partial charge on any atom is 0.258 e. The Labute approximate surface area is 184 Å². The van der Waals surface area contributed by atoms with Crippen molar-refractivity contribution in [1.29, 1.82) is 0 Å². The lowest BCUT2D eigenvalue weighted by molar-refractivity contribution is 0.317. The molecule has 1 fully saturated rings. The first kappa shape index (κ1) is 19.7. The molecule has 2 aromatic heterocycles. The summed E-state index contributed by atoms with van der Waals surface area (Å²) in [7, 11) is 2.16. The number of aliphatic imine (C=N–C) groups is 1. The van der Waals surface area contributed by atoms with E-state index in [1.807, 2.05) is 41.8 Å². The molecule has 0 amide bonds. The minimum atomic E-state index is -0.313. The predicted molar refractivity (Wildman–Crippen MR) is 128 cm³/mol. The molecule has 5 rings (SSSR count). The van der Waals surface area contributed by atoms with Crippen LogP contribution in [0, 0.1) is 0 Å². The van der Waals surface area contributed by atoms with Crippen molar-refractivity contribution in [2.24, 2.45) is 4.99 Å². The van der Waals surface area contributed by atoms with Crippen LogP contribution in [0.2, 0.25) is 0 Å². The molecule has 1 saturated heterocycles. The summed E-state index contributed by atoms with van der Waals surface area (Å²) in [4.78, 5) is 23.0. The molecule has 156 valence electrons. The lowest BCUT2D eigenvalue weighted by Gasteiger charge is -2.19. The first-order chi connectivity index (χ1) is 15.1. The minimum absolute atomic E-state index is 0.172. The Balaban J connectivity index is 1.51. The van der Waals surface area contributed by atoms with E-state index in [-0.39, 0.29) is 11.4 Å². The Morgan fingerprint density at radius 2 is 2.00 bits per heavy atom. The zero-order valence-corrected chi connectivity index (χ0v) is 18.0. The molecule has 0 bridgehead atoms. The van der Waals surface area contributed by atoms with Gasteiger partial charge >= 0.3 is 0 Å². The first-order valence-corrected chi connectivity index (χ1v) is 11.3. The quantitative estimate of drug-likeness (QED) is 0.422. The SMILES string of the molecule is CN1CCCC1c1ccc(N=Cc2c(O)[nH]c(=O)c3ccc(-c4cccs4)cc23)cc1. The van der Waals surface area contributed by atoms with Crippen LogP contribution in [0.5, 0.6) is 5.88 Å². The number of nitrogens with zero attached hydrogens (tertiary/aromatic N) is 2.